The highest BCUT2D eigenvalue weighted by molar-refractivity contribution is 5.92. The third-order valence-electron chi connectivity index (χ3n) is 5.33. The molecule has 2 aromatic rings. The smallest absolute Gasteiger partial charge is 0.227 e. The van der Waals surface area contributed by atoms with Crippen molar-refractivity contribution in [3.8, 4) is 0 Å². The lowest BCUT2D eigenvalue weighted by Crippen LogP contribution is -2.39. The molecule has 1 heterocycles. The molecule has 0 bridgehead atoms. The summed E-state index contributed by atoms with van der Waals surface area (Å²) in [5, 5.41) is 13.2. The zero-order chi connectivity index (χ0) is 20.2. The van der Waals surface area contributed by atoms with Crippen LogP contribution >= 0.6 is 0 Å². The Kier molecular flexibility index (Phi) is 4.62. The van der Waals surface area contributed by atoms with Crippen molar-refractivity contribution >= 4 is 22.9 Å². The number of amides is 1. The highest BCUT2D eigenvalue weighted by Gasteiger charge is 2.39. The lowest BCUT2D eigenvalue weighted by atomic mass is 9.78. The summed E-state index contributed by atoms with van der Waals surface area (Å²) in [5.74, 6) is -0.227. The van der Waals surface area contributed by atoms with Gasteiger partial charge >= 0.3 is 0 Å². The minimum Gasteiger partial charge on any atom is -0.386 e. The first-order valence-electron chi connectivity index (χ1n) is 9.56. The van der Waals surface area contributed by atoms with E-state index in [2.05, 4.69) is 17.2 Å². The molecule has 1 saturated carbocycles. The SMILES string of the molecule is CC(C)(C)CC(=O)Nc1nc2ccc(C(C)(C)O)c(F)c2n1C1(C)CCC1. The van der Waals surface area contributed by atoms with E-state index in [1.807, 2.05) is 25.3 Å². The summed E-state index contributed by atoms with van der Waals surface area (Å²) < 4.78 is 17.2. The molecule has 0 radical (unpaired) electrons. The van der Waals surface area contributed by atoms with Crippen molar-refractivity contribution in [2.75, 3.05) is 5.32 Å². The molecular formula is C21H30FN3O2. The van der Waals surface area contributed by atoms with Crippen molar-refractivity contribution in [1.82, 2.24) is 9.55 Å². The van der Waals surface area contributed by atoms with E-state index < -0.39 is 11.4 Å². The van der Waals surface area contributed by atoms with Crippen LogP contribution in [0.3, 0.4) is 0 Å². The maximum atomic E-state index is 15.4. The number of hydrogen-bond donors (Lipinski definition) is 2. The van der Waals surface area contributed by atoms with Crippen LogP contribution in [0.4, 0.5) is 10.3 Å². The maximum Gasteiger partial charge on any atom is 0.227 e. The summed E-state index contributed by atoms with van der Waals surface area (Å²) in [7, 11) is 0. The molecule has 1 aromatic carbocycles. The first kappa shape index (κ1) is 19.8. The molecule has 1 aliphatic carbocycles. The van der Waals surface area contributed by atoms with Gasteiger partial charge in [-0.05, 0) is 51.5 Å². The predicted molar refractivity (Wildman–Crippen MR) is 105 cm³/mol. The van der Waals surface area contributed by atoms with Gasteiger partial charge in [0, 0.05) is 17.5 Å². The number of nitrogens with one attached hydrogen (secondary N) is 1. The van der Waals surface area contributed by atoms with Gasteiger partial charge in [-0.15, -0.1) is 0 Å². The van der Waals surface area contributed by atoms with Crippen LogP contribution in [0.15, 0.2) is 12.1 Å². The first-order chi connectivity index (χ1) is 12.3. The predicted octanol–water partition coefficient (Wildman–Crippen LogP) is 4.68. The van der Waals surface area contributed by atoms with Gasteiger partial charge in [-0.2, -0.15) is 0 Å². The summed E-state index contributed by atoms with van der Waals surface area (Å²) in [6.07, 6.45) is 3.20. The number of imidazole rings is 1. The van der Waals surface area contributed by atoms with Crippen molar-refractivity contribution in [3.63, 3.8) is 0 Å². The average Bonchev–Trinajstić information content (AvgIpc) is 2.80. The maximum absolute atomic E-state index is 15.4. The summed E-state index contributed by atoms with van der Waals surface area (Å²) >= 11 is 0. The molecule has 0 saturated heterocycles. The van der Waals surface area contributed by atoms with Crippen LogP contribution in [-0.4, -0.2) is 20.6 Å². The van der Waals surface area contributed by atoms with E-state index in [-0.39, 0.29) is 22.4 Å². The second-order valence-corrected chi connectivity index (χ2v) is 9.76. The number of anilines is 1. The number of halogens is 1. The zero-order valence-electron chi connectivity index (χ0n) is 17.1. The van der Waals surface area contributed by atoms with Gasteiger partial charge in [0.15, 0.2) is 5.82 Å². The van der Waals surface area contributed by atoms with Crippen LogP contribution < -0.4 is 5.32 Å². The molecule has 0 unspecified atom stereocenters. The van der Waals surface area contributed by atoms with E-state index in [0.717, 1.165) is 19.3 Å². The largest absolute Gasteiger partial charge is 0.386 e. The molecule has 148 valence electrons. The van der Waals surface area contributed by atoms with Crippen LogP contribution in [0.5, 0.6) is 0 Å². The number of carbonyl (C=O) groups excluding carboxylic acids is 1. The van der Waals surface area contributed by atoms with Crippen molar-refractivity contribution < 1.29 is 14.3 Å². The Morgan fingerprint density at radius 2 is 1.93 bits per heavy atom. The number of aromatic nitrogens is 2. The molecule has 0 spiro atoms. The molecule has 1 fully saturated rings. The minimum absolute atomic E-state index is 0.134. The Balaban J connectivity index is 2.15. The molecule has 5 nitrogen and oxygen atoms in total. The van der Waals surface area contributed by atoms with E-state index in [4.69, 9.17) is 0 Å². The Morgan fingerprint density at radius 3 is 2.41 bits per heavy atom. The highest BCUT2D eigenvalue weighted by atomic mass is 19.1. The highest BCUT2D eigenvalue weighted by Crippen LogP contribution is 2.44. The van der Waals surface area contributed by atoms with Gasteiger partial charge in [0.05, 0.1) is 11.1 Å². The van der Waals surface area contributed by atoms with Crippen molar-refractivity contribution in [1.29, 1.82) is 0 Å². The summed E-state index contributed by atoms with van der Waals surface area (Å²) in [4.78, 5) is 17.0. The molecule has 0 aliphatic heterocycles. The van der Waals surface area contributed by atoms with Gasteiger partial charge in [-0.3, -0.25) is 10.1 Å². The van der Waals surface area contributed by atoms with Crippen LogP contribution in [0.25, 0.3) is 11.0 Å². The number of carbonyl (C=O) groups is 1. The Bertz CT molecular complexity index is 883. The molecule has 1 aliphatic rings. The minimum atomic E-state index is -1.30. The summed E-state index contributed by atoms with van der Waals surface area (Å²) in [5.41, 5.74) is -0.684. The Labute approximate surface area is 160 Å². The summed E-state index contributed by atoms with van der Waals surface area (Å²) in [6, 6.07) is 3.28. The third-order valence-corrected chi connectivity index (χ3v) is 5.33. The van der Waals surface area contributed by atoms with Gasteiger partial charge in [0.25, 0.3) is 0 Å². The fourth-order valence-electron chi connectivity index (χ4n) is 3.77. The van der Waals surface area contributed by atoms with Crippen molar-refractivity contribution in [2.24, 2.45) is 5.41 Å². The van der Waals surface area contributed by atoms with Crippen molar-refractivity contribution in [3.05, 3.63) is 23.5 Å². The number of rotatable bonds is 4. The molecule has 1 amide bonds. The first-order valence-corrected chi connectivity index (χ1v) is 9.56. The molecule has 0 atom stereocenters. The second-order valence-electron chi connectivity index (χ2n) is 9.76. The lowest BCUT2D eigenvalue weighted by Gasteiger charge is -2.41. The van der Waals surface area contributed by atoms with E-state index in [1.54, 1.807) is 26.0 Å². The number of nitrogens with zero attached hydrogens (tertiary/aromatic N) is 2. The fraction of sp³-hybridized carbons (Fsp3) is 0.619. The Hall–Kier alpha value is -1.95. The zero-order valence-corrected chi connectivity index (χ0v) is 17.1. The molecule has 2 N–H and O–H groups in total. The van der Waals surface area contributed by atoms with Crippen LogP contribution in [0.1, 0.15) is 72.8 Å². The topological polar surface area (TPSA) is 67.2 Å². The van der Waals surface area contributed by atoms with Crippen LogP contribution in [0.2, 0.25) is 0 Å². The van der Waals surface area contributed by atoms with Crippen molar-refractivity contribution in [2.45, 2.75) is 78.4 Å². The van der Waals surface area contributed by atoms with Gasteiger partial charge in [0.2, 0.25) is 11.9 Å². The second kappa shape index (κ2) is 6.30. The number of hydrogen-bond acceptors (Lipinski definition) is 3. The van der Waals surface area contributed by atoms with Gasteiger partial charge in [-0.1, -0.05) is 26.8 Å². The van der Waals surface area contributed by atoms with Crippen LogP contribution in [-0.2, 0) is 15.9 Å². The lowest BCUT2D eigenvalue weighted by molar-refractivity contribution is -0.117. The van der Waals surface area contributed by atoms with Gasteiger partial charge in [0.1, 0.15) is 5.52 Å². The van der Waals surface area contributed by atoms with Crippen LogP contribution in [0, 0.1) is 11.2 Å². The fourth-order valence-corrected chi connectivity index (χ4v) is 3.77. The molecule has 27 heavy (non-hydrogen) atoms. The third kappa shape index (κ3) is 3.72. The van der Waals surface area contributed by atoms with E-state index in [0.29, 0.717) is 23.4 Å². The molecule has 3 rings (SSSR count). The quantitative estimate of drug-likeness (QED) is 0.815. The normalized spacial score (nSPS) is 17.0. The summed E-state index contributed by atoms with van der Waals surface area (Å²) in [6.45, 7) is 11.2. The van der Waals surface area contributed by atoms with E-state index >= 15 is 4.39 Å². The molecule has 6 heteroatoms. The molecule has 1 aromatic heterocycles. The standard InChI is InChI=1S/C21H30FN3O2/c1-19(2,3)12-15(26)24-18-23-14-9-8-13(20(4,5)27)16(22)17(14)25(18)21(6)10-7-11-21/h8-9,27H,7,10-12H2,1-6H3,(H,23,24,26). The van der Waals surface area contributed by atoms with E-state index in [9.17, 15) is 9.90 Å². The number of benzene rings is 1. The number of aliphatic hydroxyl groups is 1. The molecular weight excluding hydrogens is 345 g/mol. The number of fused-ring (bicyclic) bond motifs is 1. The van der Waals surface area contributed by atoms with Gasteiger partial charge < -0.3 is 9.67 Å². The Morgan fingerprint density at radius 1 is 1.30 bits per heavy atom. The van der Waals surface area contributed by atoms with Gasteiger partial charge in [-0.25, -0.2) is 9.37 Å². The monoisotopic (exact) mass is 375 g/mol. The average molecular weight is 375 g/mol. The van der Waals surface area contributed by atoms with E-state index in [1.165, 1.54) is 0 Å².